The molecular weight excluding hydrogens is 146 g/mol. The van der Waals surface area contributed by atoms with Crippen LogP contribution in [-0.2, 0) is 0 Å². The Balaban J connectivity index is 2.46. The molecule has 0 aromatic heterocycles. The first-order valence-electron chi connectivity index (χ1n) is 5.18. The lowest BCUT2D eigenvalue weighted by Gasteiger charge is -2.31. The van der Waals surface area contributed by atoms with Crippen molar-refractivity contribution in [2.45, 2.75) is 45.6 Å². The van der Waals surface area contributed by atoms with Crippen molar-refractivity contribution in [3.63, 3.8) is 0 Å². The van der Waals surface area contributed by atoms with Gasteiger partial charge in [0.2, 0.25) is 0 Å². The zero-order chi connectivity index (χ0) is 8.97. The second kappa shape index (κ2) is 4.66. The van der Waals surface area contributed by atoms with Crippen molar-refractivity contribution < 1.29 is 0 Å². The van der Waals surface area contributed by atoms with E-state index in [1.54, 1.807) is 0 Å². The molecule has 0 radical (unpaired) electrons. The molecule has 1 aliphatic carbocycles. The number of hydrogen-bond acceptors (Lipinski definition) is 1. The molecule has 3 unspecified atom stereocenters. The summed E-state index contributed by atoms with van der Waals surface area (Å²) >= 11 is 0. The van der Waals surface area contributed by atoms with Crippen LogP contribution in [0.2, 0.25) is 0 Å². The summed E-state index contributed by atoms with van der Waals surface area (Å²) in [4.78, 5) is 0. The van der Waals surface area contributed by atoms with Crippen molar-refractivity contribution >= 4 is 0 Å². The highest BCUT2D eigenvalue weighted by atomic mass is 14.7. The molecule has 1 rings (SSSR count). The first kappa shape index (κ1) is 9.79. The van der Waals surface area contributed by atoms with E-state index in [0.717, 1.165) is 12.3 Å². The summed E-state index contributed by atoms with van der Waals surface area (Å²) in [7, 11) is 0. The first-order chi connectivity index (χ1) is 5.75. The lowest BCUT2D eigenvalue weighted by molar-refractivity contribution is 0.264. The van der Waals surface area contributed by atoms with E-state index in [-0.39, 0.29) is 0 Å². The number of hydrogen-bond donors (Lipinski definition) is 1. The average Bonchev–Trinajstić information content (AvgIpc) is 2.08. The molecule has 3 atom stereocenters. The van der Waals surface area contributed by atoms with E-state index < -0.39 is 0 Å². The Bertz CT molecular complexity index is 151. The maximum atomic E-state index is 6.01. The molecular formula is C11H21N. The van der Waals surface area contributed by atoms with Crippen LogP contribution in [0.15, 0.2) is 12.2 Å². The van der Waals surface area contributed by atoms with Crippen LogP contribution < -0.4 is 5.73 Å². The summed E-state index contributed by atoms with van der Waals surface area (Å²) in [5, 5.41) is 0. The normalized spacial score (nSPS) is 37.4. The molecule has 1 aliphatic rings. The van der Waals surface area contributed by atoms with Gasteiger partial charge in [-0.05, 0) is 31.1 Å². The van der Waals surface area contributed by atoms with Crippen LogP contribution in [0.5, 0.6) is 0 Å². The van der Waals surface area contributed by atoms with Crippen molar-refractivity contribution in [2.24, 2.45) is 17.6 Å². The molecule has 0 spiro atoms. The minimum Gasteiger partial charge on any atom is -0.327 e. The molecule has 0 heterocycles. The quantitative estimate of drug-likeness (QED) is 0.629. The van der Waals surface area contributed by atoms with Crippen LogP contribution in [0.25, 0.3) is 0 Å². The largest absolute Gasteiger partial charge is 0.327 e. The molecule has 0 aliphatic heterocycles. The fourth-order valence-electron chi connectivity index (χ4n) is 2.01. The van der Waals surface area contributed by atoms with E-state index in [1.807, 2.05) is 0 Å². The summed E-state index contributed by atoms with van der Waals surface area (Å²) in [6.45, 7) is 4.47. The highest BCUT2D eigenvalue weighted by Crippen LogP contribution is 2.29. The molecule has 0 bridgehead atoms. The summed E-state index contributed by atoms with van der Waals surface area (Å²) in [5.41, 5.74) is 6.01. The Labute approximate surface area is 76.0 Å². The molecule has 12 heavy (non-hydrogen) atoms. The van der Waals surface area contributed by atoms with Gasteiger partial charge in [-0.3, -0.25) is 0 Å². The summed E-state index contributed by atoms with van der Waals surface area (Å²) in [5.74, 6) is 1.43. The molecule has 1 saturated carbocycles. The zero-order valence-corrected chi connectivity index (χ0v) is 8.29. The van der Waals surface area contributed by atoms with Crippen LogP contribution in [0, 0.1) is 11.8 Å². The van der Waals surface area contributed by atoms with Crippen molar-refractivity contribution in [2.75, 3.05) is 0 Å². The number of rotatable bonds is 2. The van der Waals surface area contributed by atoms with Gasteiger partial charge in [-0.2, -0.15) is 0 Å². The van der Waals surface area contributed by atoms with Gasteiger partial charge in [0.1, 0.15) is 0 Å². The van der Waals surface area contributed by atoms with Crippen LogP contribution in [0.4, 0.5) is 0 Å². The second-order valence-electron chi connectivity index (χ2n) is 3.95. The summed E-state index contributed by atoms with van der Waals surface area (Å²) < 4.78 is 0. The van der Waals surface area contributed by atoms with Gasteiger partial charge in [0.25, 0.3) is 0 Å². The van der Waals surface area contributed by atoms with Crippen molar-refractivity contribution in [3.05, 3.63) is 12.2 Å². The van der Waals surface area contributed by atoms with Crippen LogP contribution >= 0.6 is 0 Å². The van der Waals surface area contributed by atoms with E-state index >= 15 is 0 Å². The average molecular weight is 167 g/mol. The van der Waals surface area contributed by atoms with Gasteiger partial charge in [-0.25, -0.2) is 0 Å². The SMILES string of the molecule is CC/C=C\C1CCCC(N)C1C. The topological polar surface area (TPSA) is 26.0 Å². The van der Waals surface area contributed by atoms with Gasteiger partial charge < -0.3 is 5.73 Å². The van der Waals surface area contributed by atoms with Gasteiger partial charge in [0.15, 0.2) is 0 Å². The van der Waals surface area contributed by atoms with E-state index in [9.17, 15) is 0 Å². The zero-order valence-electron chi connectivity index (χ0n) is 8.29. The van der Waals surface area contributed by atoms with Gasteiger partial charge in [-0.1, -0.05) is 32.4 Å². The maximum absolute atomic E-state index is 6.01. The van der Waals surface area contributed by atoms with Gasteiger partial charge in [-0.15, -0.1) is 0 Å². The molecule has 70 valence electrons. The van der Waals surface area contributed by atoms with Crippen molar-refractivity contribution in [3.8, 4) is 0 Å². The van der Waals surface area contributed by atoms with E-state index in [2.05, 4.69) is 26.0 Å². The van der Waals surface area contributed by atoms with Gasteiger partial charge in [0, 0.05) is 6.04 Å². The van der Waals surface area contributed by atoms with Crippen LogP contribution in [0.3, 0.4) is 0 Å². The second-order valence-corrected chi connectivity index (χ2v) is 3.95. The Kier molecular flexibility index (Phi) is 3.80. The fraction of sp³-hybridized carbons (Fsp3) is 0.818. The molecule has 0 saturated heterocycles. The van der Waals surface area contributed by atoms with Gasteiger partial charge in [0.05, 0.1) is 0 Å². The number of allylic oxidation sites excluding steroid dienone is 2. The molecule has 2 N–H and O–H groups in total. The number of nitrogens with two attached hydrogens (primary N) is 1. The van der Waals surface area contributed by atoms with Crippen molar-refractivity contribution in [1.29, 1.82) is 0 Å². The van der Waals surface area contributed by atoms with E-state index in [1.165, 1.54) is 19.3 Å². The van der Waals surface area contributed by atoms with E-state index in [0.29, 0.717) is 12.0 Å². The summed E-state index contributed by atoms with van der Waals surface area (Å²) in [6, 6.07) is 0.435. The standard InChI is InChI=1S/C11H21N/c1-3-4-6-10-7-5-8-11(12)9(10)2/h4,6,9-11H,3,5,7-8,12H2,1-2H3/b6-4-. The highest BCUT2D eigenvalue weighted by molar-refractivity contribution is 4.95. The Morgan fingerprint density at radius 1 is 1.42 bits per heavy atom. The molecule has 1 nitrogen and oxygen atoms in total. The molecule has 1 fully saturated rings. The molecule has 0 aromatic rings. The lowest BCUT2D eigenvalue weighted by atomic mass is 9.77. The Morgan fingerprint density at radius 2 is 2.17 bits per heavy atom. The summed E-state index contributed by atoms with van der Waals surface area (Å²) in [6.07, 6.45) is 9.66. The maximum Gasteiger partial charge on any atom is 0.00701 e. The van der Waals surface area contributed by atoms with Crippen molar-refractivity contribution in [1.82, 2.24) is 0 Å². The predicted molar refractivity (Wildman–Crippen MR) is 53.9 cm³/mol. The van der Waals surface area contributed by atoms with Crippen LogP contribution in [0.1, 0.15) is 39.5 Å². The molecule has 0 amide bonds. The monoisotopic (exact) mass is 167 g/mol. The highest BCUT2D eigenvalue weighted by Gasteiger charge is 2.24. The van der Waals surface area contributed by atoms with E-state index in [4.69, 9.17) is 5.73 Å². The predicted octanol–water partition coefficient (Wildman–Crippen LogP) is 2.72. The third kappa shape index (κ3) is 2.34. The fourth-order valence-corrected chi connectivity index (χ4v) is 2.01. The third-order valence-electron chi connectivity index (χ3n) is 3.04. The molecule has 0 aromatic carbocycles. The van der Waals surface area contributed by atoms with Crippen LogP contribution in [-0.4, -0.2) is 6.04 Å². The molecule has 1 heteroatoms. The van der Waals surface area contributed by atoms with Gasteiger partial charge >= 0.3 is 0 Å². The Morgan fingerprint density at radius 3 is 2.83 bits per heavy atom. The first-order valence-corrected chi connectivity index (χ1v) is 5.18. The smallest absolute Gasteiger partial charge is 0.00701 e. The third-order valence-corrected chi connectivity index (χ3v) is 3.04. The Hall–Kier alpha value is -0.300. The minimum atomic E-state index is 0.435. The minimum absolute atomic E-state index is 0.435. The lowest BCUT2D eigenvalue weighted by Crippen LogP contribution is -2.36.